The number of allylic oxidation sites excluding steroid dienone is 2. The number of carboxylic acid groups (broad SMARTS) is 1. The lowest BCUT2D eigenvalue weighted by atomic mass is 9.97. The highest BCUT2D eigenvalue weighted by molar-refractivity contribution is 5.66. The molecule has 0 fully saturated rings. The Kier molecular flexibility index (Phi) is 18.3. The van der Waals surface area contributed by atoms with Crippen LogP contribution in [0.5, 0.6) is 0 Å². The highest BCUT2D eigenvalue weighted by Gasteiger charge is 2.05. The van der Waals surface area contributed by atoms with Gasteiger partial charge in [0.15, 0.2) is 0 Å². The van der Waals surface area contributed by atoms with E-state index in [1.54, 1.807) is 0 Å². The lowest BCUT2D eigenvalue weighted by molar-refractivity contribution is -0.137. The molecular weight excluding hydrogens is 312 g/mol. The first-order valence-corrected chi connectivity index (χ1v) is 10.5. The van der Waals surface area contributed by atoms with Crippen LogP contribution in [0.15, 0.2) is 12.2 Å². The lowest BCUT2D eigenvalue weighted by Crippen LogP contribution is -2.01. The minimum Gasteiger partial charge on any atom is -0.481 e. The van der Waals surface area contributed by atoms with Crippen LogP contribution in [0.1, 0.15) is 110 Å². The van der Waals surface area contributed by atoms with E-state index >= 15 is 0 Å². The minimum atomic E-state index is -0.687. The van der Waals surface area contributed by atoms with Gasteiger partial charge in [0.05, 0.1) is 0 Å². The molecule has 0 radical (unpaired) electrons. The molecule has 0 rings (SSSR count). The van der Waals surface area contributed by atoms with E-state index in [1.165, 1.54) is 51.4 Å². The Labute approximate surface area is 155 Å². The molecule has 1 unspecified atom stereocenters. The van der Waals surface area contributed by atoms with Crippen LogP contribution in [0.25, 0.3) is 0 Å². The number of unbranched alkanes of at least 4 members (excludes halogenated alkanes) is 10. The maximum atomic E-state index is 11.1. The fraction of sp³-hybridized carbons (Fsp3) is 0.818. The van der Waals surface area contributed by atoms with Gasteiger partial charge in [0.1, 0.15) is 6.29 Å². The van der Waals surface area contributed by atoms with E-state index in [1.807, 2.05) is 0 Å². The molecule has 0 amide bonds. The van der Waals surface area contributed by atoms with E-state index in [2.05, 4.69) is 19.1 Å². The molecule has 1 atom stereocenters. The summed E-state index contributed by atoms with van der Waals surface area (Å²) in [7, 11) is 0. The van der Waals surface area contributed by atoms with Crippen LogP contribution in [0, 0.1) is 5.92 Å². The molecular formula is C22H40O3. The molecule has 25 heavy (non-hydrogen) atoms. The molecule has 146 valence electrons. The fourth-order valence-corrected chi connectivity index (χ4v) is 3.08. The van der Waals surface area contributed by atoms with Crippen LogP contribution < -0.4 is 0 Å². The molecule has 0 spiro atoms. The van der Waals surface area contributed by atoms with Crippen molar-refractivity contribution in [2.24, 2.45) is 5.92 Å². The molecule has 0 saturated heterocycles. The summed E-state index contributed by atoms with van der Waals surface area (Å²) in [5, 5.41) is 8.55. The normalized spacial score (nSPS) is 12.5. The number of carbonyl (C=O) groups is 2. The van der Waals surface area contributed by atoms with Gasteiger partial charge in [-0.05, 0) is 38.5 Å². The zero-order valence-electron chi connectivity index (χ0n) is 16.4. The molecule has 0 aromatic heterocycles. The Balaban J connectivity index is 3.42. The van der Waals surface area contributed by atoms with Gasteiger partial charge < -0.3 is 9.90 Å². The Morgan fingerprint density at radius 3 is 2.08 bits per heavy atom. The second kappa shape index (κ2) is 19.2. The summed E-state index contributed by atoms with van der Waals surface area (Å²) in [4.78, 5) is 21.5. The van der Waals surface area contributed by atoms with Crippen LogP contribution in [0.2, 0.25) is 0 Å². The van der Waals surface area contributed by atoms with Gasteiger partial charge in [0, 0.05) is 12.3 Å². The molecule has 1 N–H and O–H groups in total. The van der Waals surface area contributed by atoms with Crippen molar-refractivity contribution < 1.29 is 14.7 Å². The second-order valence-electron chi connectivity index (χ2n) is 7.20. The summed E-state index contributed by atoms with van der Waals surface area (Å²) in [5.41, 5.74) is 0. The maximum absolute atomic E-state index is 11.1. The maximum Gasteiger partial charge on any atom is 0.303 e. The van der Waals surface area contributed by atoms with Crippen molar-refractivity contribution in [3.63, 3.8) is 0 Å². The Bertz CT molecular complexity index is 336. The summed E-state index contributed by atoms with van der Waals surface area (Å²) in [5.74, 6) is -0.446. The van der Waals surface area contributed by atoms with E-state index in [4.69, 9.17) is 5.11 Å². The second-order valence-corrected chi connectivity index (χ2v) is 7.20. The summed E-state index contributed by atoms with van der Waals surface area (Å²) in [6.07, 6.45) is 23.1. The molecule has 0 heterocycles. The predicted molar refractivity (Wildman–Crippen MR) is 106 cm³/mol. The highest BCUT2D eigenvalue weighted by atomic mass is 16.4. The van der Waals surface area contributed by atoms with E-state index in [0.29, 0.717) is 6.42 Å². The summed E-state index contributed by atoms with van der Waals surface area (Å²) in [6.45, 7) is 2.23. The number of carboxylic acids is 1. The summed E-state index contributed by atoms with van der Waals surface area (Å²) < 4.78 is 0. The Morgan fingerprint density at radius 1 is 0.800 bits per heavy atom. The molecule has 0 saturated carbocycles. The molecule has 3 nitrogen and oxygen atoms in total. The van der Waals surface area contributed by atoms with Crippen molar-refractivity contribution >= 4 is 12.3 Å². The smallest absolute Gasteiger partial charge is 0.303 e. The van der Waals surface area contributed by atoms with Gasteiger partial charge in [-0.25, -0.2) is 0 Å². The average molecular weight is 353 g/mol. The van der Waals surface area contributed by atoms with Crippen molar-refractivity contribution in [1.29, 1.82) is 0 Å². The standard InChI is InChI=1S/C22H40O3/c1-2-3-4-5-11-14-17-21(20-23)18-15-12-9-7-6-8-10-13-16-19-22(24)25/h9,12,20-21H,2-8,10-11,13-19H2,1H3,(H,24,25)/b12-9+. The first-order valence-electron chi connectivity index (χ1n) is 10.5. The third kappa shape index (κ3) is 19.1. The average Bonchev–Trinajstić information content (AvgIpc) is 2.60. The third-order valence-electron chi connectivity index (χ3n) is 4.75. The Morgan fingerprint density at radius 2 is 1.40 bits per heavy atom. The first-order chi connectivity index (χ1) is 12.2. The monoisotopic (exact) mass is 352 g/mol. The van der Waals surface area contributed by atoms with Crippen molar-refractivity contribution in [3.8, 4) is 0 Å². The molecule has 0 aliphatic carbocycles. The quantitative estimate of drug-likeness (QED) is 0.160. The van der Waals surface area contributed by atoms with Crippen LogP contribution in [-0.2, 0) is 9.59 Å². The van der Waals surface area contributed by atoms with Crippen LogP contribution >= 0.6 is 0 Å². The zero-order valence-corrected chi connectivity index (χ0v) is 16.4. The van der Waals surface area contributed by atoms with Gasteiger partial charge in [-0.1, -0.05) is 76.9 Å². The zero-order chi connectivity index (χ0) is 18.6. The molecule has 0 bridgehead atoms. The first kappa shape index (κ1) is 23.9. The van der Waals surface area contributed by atoms with Crippen LogP contribution in [0.4, 0.5) is 0 Å². The Hall–Kier alpha value is -1.12. The van der Waals surface area contributed by atoms with E-state index < -0.39 is 5.97 Å². The molecule has 0 aromatic carbocycles. The lowest BCUT2D eigenvalue weighted by Gasteiger charge is -2.08. The van der Waals surface area contributed by atoms with Gasteiger partial charge in [-0.15, -0.1) is 0 Å². The molecule has 0 aromatic rings. The molecule has 0 aliphatic rings. The van der Waals surface area contributed by atoms with E-state index in [9.17, 15) is 9.59 Å². The predicted octanol–water partition coefficient (Wildman–Crippen LogP) is 6.70. The SMILES string of the molecule is CCCCCCCCC(C=O)CC/C=C/CCCCCCCC(=O)O. The third-order valence-corrected chi connectivity index (χ3v) is 4.75. The van der Waals surface area contributed by atoms with Crippen LogP contribution in [-0.4, -0.2) is 17.4 Å². The van der Waals surface area contributed by atoms with Crippen molar-refractivity contribution in [2.45, 2.75) is 110 Å². The number of carbonyl (C=O) groups excluding carboxylic acids is 1. The van der Waals surface area contributed by atoms with Gasteiger partial charge in [-0.2, -0.15) is 0 Å². The van der Waals surface area contributed by atoms with Crippen molar-refractivity contribution in [2.75, 3.05) is 0 Å². The van der Waals surface area contributed by atoms with Crippen molar-refractivity contribution in [3.05, 3.63) is 12.2 Å². The number of rotatable bonds is 19. The van der Waals surface area contributed by atoms with Gasteiger partial charge >= 0.3 is 5.97 Å². The molecule has 3 heteroatoms. The number of hydrogen-bond donors (Lipinski definition) is 1. The highest BCUT2D eigenvalue weighted by Crippen LogP contribution is 2.16. The topological polar surface area (TPSA) is 54.4 Å². The minimum absolute atomic E-state index is 0.241. The molecule has 0 aliphatic heterocycles. The van der Waals surface area contributed by atoms with Crippen molar-refractivity contribution in [1.82, 2.24) is 0 Å². The largest absolute Gasteiger partial charge is 0.481 e. The number of hydrogen-bond acceptors (Lipinski definition) is 2. The fourth-order valence-electron chi connectivity index (χ4n) is 3.08. The number of aliphatic carboxylic acids is 1. The summed E-state index contributed by atoms with van der Waals surface area (Å²) >= 11 is 0. The van der Waals surface area contributed by atoms with Gasteiger partial charge in [0.25, 0.3) is 0 Å². The van der Waals surface area contributed by atoms with Gasteiger partial charge in [-0.3, -0.25) is 4.79 Å². The summed E-state index contributed by atoms with van der Waals surface area (Å²) in [6, 6.07) is 0. The van der Waals surface area contributed by atoms with E-state index in [-0.39, 0.29) is 5.92 Å². The van der Waals surface area contributed by atoms with E-state index in [0.717, 1.165) is 51.2 Å². The number of aldehydes is 1. The van der Waals surface area contributed by atoms with Crippen LogP contribution in [0.3, 0.4) is 0 Å². The van der Waals surface area contributed by atoms with Gasteiger partial charge in [0.2, 0.25) is 0 Å².